The zero-order chi connectivity index (χ0) is 10.7. The van der Waals surface area contributed by atoms with Crippen molar-refractivity contribution in [1.29, 1.82) is 0 Å². The van der Waals surface area contributed by atoms with Crippen LogP contribution in [0.3, 0.4) is 0 Å². The van der Waals surface area contributed by atoms with Gasteiger partial charge in [-0.15, -0.1) is 11.6 Å². The van der Waals surface area contributed by atoms with Crippen LogP contribution in [0.25, 0.3) is 0 Å². The normalized spacial score (nSPS) is 12.6. The van der Waals surface area contributed by atoms with Gasteiger partial charge in [0, 0.05) is 25.2 Å². The second-order valence-electron chi connectivity index (χ2n) is 3.53. The van der Waals surface area contributed by atoms with Crippen molar-refractivity contribution in [1.82, 2.24) is 9.97 Å². The van der Waals surface area contributed by atoms with Gasteiger partial charge in [0.2, 0.25) is 0 Å². The van der Waals surface area contributed by atoms with Crippen molar-refractivity contribution in [3.05, 3.63) is 17.6 Å². The Morgan fingerprint density at radius 1 is 1.50 bits per heavy atom. The van der Waals surface area contributed by atoms with E-state index in [2.05, 4.69) is 21.8 Å². The highest BCUT2D eigenvalue weighted by atomic mass is 35.5. The van der Waals surface area contributed by atoms with Gasteiger partial charge in [0.25, 0.3) is 0 Å². The number of aromatic nitrogens is 2. The molecule has 0 N–H and O–H groups in total. The minimum Gasteiger partial charge on any atom is -0.354 e. The van der Waals surface area contributed by atoms with Gasteiger partial charge in [-0.25, -0.2) is 4.98 Å². The number of halogens is 1. The lowest BCUT2D eigenvalue weighted by atomic mass is 10.3. The van der Waals surface area contributed by atoms with E-state index in [-0.39, 0.29) is 6.04 Å². The van der Waals surface area contributed by atoms with Crippen molar-refractivity contribution in [2.24, 2.45) is 0 Å². The summed E-state index contributed by atoms with van der Waals surface area (Å²) in [6.45, 7) is 5.96. The maximum atomic E-state index is 5.80. The van der Waals surface area contributed by atoms with E-state index in [1.54, 1.807) is 6.20 Å². The summed E-state index contributed by atoms with van der Waals surface area (Å²) in [5.41, 5.74) is 1.87. The molecule has 14 heavy (non-hydrogen) atoms. The van der Waals surface area contributed by atoms with Crippen LogP contribution in [-0.4, -0.2) is 28.9 Å². The fourth-order valence-corrected chi connectivity index (χ4v) is 1.38. The van der Waals surface area contributed by atoms with Gasteiger partial charge in [-0.3, -0.25) is 4.98 Å². The zero-order valence-corrected chi connectivity index (χ0v) is 9.84. The molecule has 1 unspecified atom stereocenters. The number of hydrogen-bond donors (Lipinski definition) is 0. The Kier molecular flexibility index (Phi) is 3.69. The van der Waals surface area contributed by atoms with Gasteiger partial charge in [0.05, 0.1) is 11.4 Å². The molecule has 1 aromatic rings. The molecular weight excluding hydrogens is 198 g/mol. The summed E-state index contributed by atoms with van der Waals surface area (Å²) in [6.07, 6.45) is 1.78. The van der Waals surface area contributed by atoms with Gasteiger partial charge >= 0.3 is 0 Å². The lowest BCUT2D eigenvalue weighted by molar-refractivity contribution is 0.740. The molecular formula is C10H16ClN3. The summed E-state index contributed by atoms with van der Waals surface area (Å²) in [5.74, 6) is 1.50. The quantitative estimate of drug-likeness (QED) is 0.721. The molecule has 0 bridgehead atoms. The van der Waals surface area contributed by atoms with Crippen LogP contribution in [-0.2, 0) is 0 Å². The van der Waals surface area contributed by atoms with E-state index < -0.39 is 0 Å². The Morgan fingerprint density at radius 2 is 2.14 bits per heavy atom. The van der Waals surface area contributed by atoms with Crippen LogP contribution < -0.4 is 4.90 Å². The fourth-order valence-electron chi connectivity index (χ4n) is 1.17. The Balaban J connectivity index is 2.99. The second kappa shape index (κ2) is 4.60. The molecule has 4 heteroatoms. The summed E-state index contributed by atoms with van der Waals surface area (Å²) in [6, 6.07) is 0.270. The third-order valence-corrected chi connectivity index (χ3v) is 2.72. The molecule has 0 aliphatic carbocycles. The van der Waals surface area contributed by atoms with Gasteiger partial charge in [-0.2, -0.15) is 0 Å². The van der Waals surface area contributed by atoms with Crippen molar-refractivity contribution in [2.75, 3.05) is 17.8 Å². The zero-order valence-electron chi connectivity index (χ0n) is 9.08. The molecule has 1 atom stereocenters. The summed E-state index contributed by atoms with van der Waals surface area (Å²) < 4.78 is 0. The highest BCUT2D eigenvalue weighted by molar-refractivity contribution is 6.18. The van der Waals surface area contributed by atoms with Crippen LogP contribution in [0.4, 0.5) is 5.82 Å². The van der Waals surface area contributed by atoms with Crippen LogP contribution in [0.2, 0.25) is 0 Å². The fraction of sp³-hybridized carbons (Fsp3) is 0.600. The monoisotopic (exact) mass is 213 g/mol. The number of alkyl halides is 1. The first-order valence-electron chi connectivity index (χ1n) is 4.65. The summed E-state index contributed by atoms with van der Waals surface area (Å²) in [5, 5.41) is 0. The van der Waals surface area contributed by atoms with Crippen molar-refractivity contribution >= 4 is 17.4 Å². The maximum Gasteiger partial charge on any atom is 0.150 e. The van der Waals surface area contributed by atoms with Crippen LogP contribution >= 0.6 is 11.6 Å². The largest absolute Gasteiger partial charge is 0.354 e. The summed E-state index contributed by atoms with van der Waals surface area (Å²) in [4.78, 5) is 10.8. The molecule has 0 fully saturated rings. The van der Waals surface area contributed by atoms with E-state index in [4.69, 9.17) is 11.6 Å². The van der Waals surface area contributed by atoms with Crippen LogP contribution in [0.1, 0.15) is 18.3 Å². The predicted molar refractivity (Wildman–Crippen MR) is 60.1 cm³/mol. The average molecular weight is 214 g/mol. The van der Waals surface area contributed by atoms with Crippen molar-refractivity contribution in [3.8, 4) is 0 Å². The molecule has 3 nitrogen and oxygen atoms in total. The van der Waals surface area contributed by atoms with E-state index in [0.29, 0.717) is 5.88 Å². The van der Waals surface area contributed by atoms with Crippen molar-refractivity contribution < 1.29 is 0 Å². The smallest absolute Gasteiger partial charge is 0.150 e. The molecule has 0 radical (unpaired) electrons. The first-order chi connectivity index (χ1) is 6.56. The summed E-state index contributed by atoms with van der Waals surface area (Å²) >= 11 is 5.80. The van der Waals surface area contributed by atoms with Gasteiger partial charge in [0.15, 0.2) is 0 Å². The molecule has 0 saturated carbocycles. The van der Waals surface area contributed by atoms with Crippen molar-refractivity contribution in [2.45, 2.75) is 26.8 Å². The number of hydrogen-bond acceptors (Lipinski definition) is 3. The van der Waals surface area contributed by atoms with E-state index in [0.717, 1.165) is 17.2 Å². The Morgan fingerprint density at radius 3 is 2.71 bits per heavy atom. The van der Waals surface area contributed by atoms with Gasteiger partial charge in [0.1, 0.15) is 5.82 Å². The highest BCUT2D eigenvalue weighted by Gasteiger charge is 2.13. The third kappa shape index (κ3) is 2.35. The van der Waals surface area contributed by atoms with Crippen LogP contribution in [0.5, 0.6) is 0 Å². The number of aryl methyl sites for hydroxylation is 2. The van der Waals surface area contributed by atoms with E-state index in [9.17, 15) is 0 Å². The SMILES string of the molecule is Cc1cnc(C)c(N(C)C(C)CCl)n1. The van der Waals surface area contributed by atoms with Crippen LogP contribution in [0.15, 0.2) is 6.20 Å². The molecule has 0 aromatic carbocycles. The molecule has 1 aromatic heterocycles. The second-order valence-corrected chi connectivity index (χ2v) is 3.84. The first-order valence-corrected chi connectivity index (χ1v) is 5.18. The molecule has 0 amide bonds. The Labute approximate surface area is 90.1 Å². The Bertz CT molecular complexity index is 314. The molecule has 78 valence electrons. The minimum atomic E-state index is 0.270. The summed E-state index contributed by atoms with van der Waals surface area (Å²) in [7, 11) is 1.99. The van der Waals surface area contributed by atoms with Gasteiger partial charge in [-0.1, -0.05) is 0 Å². The molecule has 0 aliphatic heterocycles. The highest BCUT2D eigenvalue weighted by Crippen LogP contribution is 2.16. The topological polar surface area (TPSA) is 29.0 Å². The molecule has 0 saturated heterocycles. The molecule has 1 rings (SSSR count). The number of anilines is 1. The molecule has 0 spiro atoms. The maximum absolute atomic E-state index is 5.80. The standard InChI is InChI=1S/C10H16ClN3/c1-7-6-12-9(3)10(13-7)14(4)8(2)5-11/h6,8H,5H2,1-4H3. The van der Waals surface area contributed by atoms with E-state index >= 15 is 0 Å². The van der Waals surface area contributed by atoms with E-state index in [1.165, 1.54) is 0 Å². The lowest BCUT2D eigenvalue weighted by Crippen LogP contribution is -2.31. The van der Waals surface area contributed by atoms with Crippen molar-refractivity contribution in [3.63, 3.8) is 0 Å². The molecule has 1 heterocycles. The van der Waals surface area contributed by atoms with Crippen LogP contribution in [0, 0.1) is 13.8 Å². The number of nitrogens with zero attached hydrogens (tertiary/aromatic N) is 3. The number of rotatable bonds is 3. The first kappa shape index (κ1) is 11.2. The predicted octanol–water partition coefficient (Wildman–Crippen LogP) is 2.16. The minimum absolute atomic E-state index is 0.270. The average Bonchev–Trinajstić information content (AvgIpc) is 2.19. The Hall–Kier alpha value is -0.830. The lowest BCUT2D eigenvalue weighted by Gasteiger charge is -2.25. The van der Waals surface area contributed by atoms with E-state index in [1.807, 2.05) is 20.9 Å². The molecule has 0 aliphatic rings. The third-order valence-electron chi connectivity index (χ3n) is 2.27. The van der Waals surface area contributed by atoms with Gasteiger partial charge < -0.3 is 4.90 Å². The van der Waals surface area contributed by atoms with Gasteiger partial charge in [-0.05, 0) is 20.8 Å².